The minimum Gasteiger partial charge on any atom is -0.375 e. The summed E-state index contributed by atoms with van der Waals surface area (Å²) in [6.45, 7) is 3.52. The zero-order chi connectivity index (χ0) is 10.7. The highest BCUT2D eigenvalue weighted by atomic mass is 79.9. The van der Waals surface area contributed by atoms with Gasteiger partial charge in [-0.3, -0.25) is 0 Å². The summed E-state index contributed by atoms with van der Waals surface area (Å²) in [5.74, 6) is -1.34. The van der Waals surface area contributed by atoms with E-state index < -0.39 is 11.6 Å². The Bertz CT molecular complexity index is 345. The lowest BCUT2D eigenvalue weighted by Gasteiger charge is -2.07. The molecular weight excluding hydrogens is 275 g/mol. The molecule has 0 aliphatic rings. The second kappa shape index (κ2) is 4.75. The van der Waals surface area contributed by atoms with E-state index in [1.54, 1.807) is 0 Å². The van der Waals surface area contributed by atoms with Gasteiger partial charge in [0.05, 0.1) is 6.54 Å². The van der Waals surface area contributed by atoms with Gasteiger partial charge in [0.15, 0.2) is 0 Å². The summed E-state index contributed by atoms with van der Waals surface area (Å²) in [6, 6.07) is 2.34. The Hall–Kier alpha value is -0.610. The van der Waals surface area contributed by atoms with Crippen molar-refractivity contribution in [1.82, 2.24) is 0 Å². The number of benzene rings is 1. The molecule has 0 radical (unpaired) electrons. The van der Waals surface area contributed by atoms with Gasteiger partial charge in [0, 0.05) is 9.51 Å². The third-order valence-electron chi connectivity index (χ3n) is 1.46. The Kier molecular flexibility index (Phi) is 3.89. The third-order valence-corrected chi connectivity index (χ3v) is 2.06. The van der Waals surface area contributed by atoms with E-state index in [2.05, 4.69) is 27.8 Å². The largest absolute Gasteiger partial charge is 0.375 e. The number of nitrogens with one attached hydrogen (secondary N) is 1. The van der Waals surface area contributed by atoms with Crippen LogP contribution in [0.5, 0.6) is 0 Å². The van der Waals surface area contributed by atoms with Gasteiger partial charge >= 0.3 is 0 Å². The normalized spacial score (nSPS) is 10.0. The van der Waals surface area contributed by atoms with Crippen LogP contribution in [0.2, 0.25) is 0 Å². The lowest BCUT2D eigenvalue weighted by Crippen LogP contribution is -2.05. The molecule has 76 valence electrons. The van der Waals surface area contributed by atoms with E-state index in [0.29, 0.717) is 4.47 Å². The Morgan fingerprint density at radius 1 is 1.43 bits per heavy atom. The van der Waals surface area contributed by atoms with Crippen molar-refractivity contribution in [3.8, 4) is 0 Å². The van der Waals surface area contributed by atoms with E-state index in [-0.39, 0.29) is 17.3 Å². The van der Waals surface area contributed by atoms with E-state index in [1.807, 2.05) is 0 Å². The van der Waals surface area contributed by atoms with Crippen LogP contribution in [0.15, 0.2) is 28.2 Å². The van der Waals surface area contributed by atoms with E-state index in [1.165, 1.54) is 12.1 Å². The molecule has 1 nitrogen and oxygen atoms in total. The average molecular weight is 283 g/mol. The Morgan fingerprint density at radius 3 is 2.36 bits per heavy atom. The van der Waals surface area contributed by atoms with E-state index in [0.717, 1.165) is 0 Å². The Morgan fingerprint density at radius 2 is 1.93 bits per heavy atom. The highest BCUT2D eigenvalue weighted by Gasteiger charge is 2.09. The molecule has 0 aliphatic heterocycles. The van der Waals surface area contributed by atoms with Crippen molar-refractivity contribution in [2.45, 2.75) is 0 Å². The quantitative estimate of drug-likeness (QED) is 0.887. The van der Waals surface area contributed by atoms with Crippen LogP contribution in [0.25, 0.3) is 0 Å². The van der Waals surface area contributed by atoms with Crippen LogP contribution in [0, 0.1) is 11.6 Å². The predicted octanol–water partition coefficient (Wildman–Crippen LogP) is 3.89. The van der Waals surface area contributed by atoms with Gasteiger partial charge in [0.25, 0.3) is 0 Å². The first-order chi connectivity index (χ1) is 6.50. The van der Waals surface area contributed by atoms with Gasteiger partial charge in [0.1, 0.15) is 17.3 Å². The first-order valence-electron chi connectivity index (χ1n) is 3.72. The summed E-state index contributed by atoms with van der Waals surface area (Å²) >= 11 is 8.43. The maximum atomic E-state index is 13.2. The molecular formula is C9H7BrClF2N. The molecule has 0 fully saturated rings. The van der Waals surface area contributed by atoms with Gasteiger partial charge in [-0.15, -0.1) is 0 Å². The fourth-order valence-corrected chi connectivity index (χ4v) is 1.36. The average Bonchev–Trinajstić information content (AvgIpc) is 2.01. The molecule has 1 aromatic rings. The second-order valence-corrected chi connectivity index (χ2v) is 4.07. The van der Waals surface area contributed by atoms with Crippen LogP contribution in [-0.4, -0.2) is 6.54 Å². The van der Waals surface area contributed by atoms with Gasteiger partial charge in [0.2, 0.25) is 0 Å². The fraction of sp³-hybridized carbons (Fsp3) is 0.111. The van der Waals surface area contributed by atoms with Gasteiger partial charge in [-0.05, 0) is 12.1 Å². The molecule has 0 bridgehead atoms. The molecule has 1 aromatic carbocycles. The van der Waals surface area contributed by atoms with Crippen molar-refractivity contribution in [2.24, 2.45) is 0 Å². The second-order valence-electron chi connectivity index (χ2n) is 2.62. The van der Waals surface area contributed by atoms with Crippen molar-refractivity contribution >= 4 is 33.2 Å². The van der Waals surface area contributed by atoms with Crippen molar-refractivity contribution < 1.29 is 8.78 Å². The summed E-state index contributed by atoms with van der Waals surface area (Å²) in [4.78, 5) is 0. The maximum absolute atomic E-state index is 13.2. The first kappa shape index (κ1) is 11.5. The zero-order valence-corrected chi connectivity index (χ0v) is 9.42. The monoisotopic (exact) mass is 281 g/mol. The maximum Gasteiger partial charge on any atom is 0.150 e. The molecule has 0 atom stereocenters. The number of hydrogen-bond donors (Lipinski definition) is 1. The molecule has 1 rings (SSSR count). The zero-order valence-electron chi connectivity index (χ0n) is 7.08. The van der Waals surface area contributed by atoms with Crippen molar-refractivity contribution in [1.29, 1.82) is 0 Å². The van der Waals surface area contributed by atoms with Crippen LogP contribution in [0.4, 0.5) is 14.5 Å². The molecule has 0 spiro atoms. The highest BCUT2D eigenvalue weighted by molar-refractivity contribution is 9.10. The summed E-state index contributed by atoms with van der Waals surface area (Å²) in [5.41, 5.74) is -0.199. The minimum atomic E-state index is -0.671. The summed E-state index contributed by atoms with van der Waals surface area (Å²) in [5, 5.41) is 2.79. The van der Waals surface area contributed by atoms with E-state index >= 15 is 0 Å². The summed E-state index contributed by atoms with van der Waals surface area (Å²) in [6.07, 6.45) is 0. The first-order valence-corrected chi connectivity index (χ1v) is 4.89. The number of halogens is 4. The van der Waals surface area contributed by atoms with Gasteiger partial charge < -0.3 is 5.32 Å². The van der Waals surface area contributed by atoms with E-state index in [4.69, 9.17) is 11.6 Å². The van der Waals surface area contributed by atoms with Gasteiger partial charge in [-0.1, -0.05) is 34.1 Å². The predicted molar refractivity (Wildman–Crippen MR) is 57.5 cm³/mol. The third kappa shape index (κ3) is 2.96. The van der Waals surface area contributed by atoms with Crippen LogP contribution in [0.1, 0.15) is 0 Å². The summed E-state index contributed by atoms with van der Waals surface area (Å²) < 4.78 is 26.7. The topological polar surface area (TPSA) is 12.0 Å². The molecule has 0 heterocycles. The molecule has 14 heavy (non-hydrogen) atoms. The van der Waals surface area contributed by atoms with Crippen LogP contribution in [-0.2, 0) is 0 Å². The molecule has 5 heteroatoms. The minimum absolute atomic E-state index is 0.122. The molecule has 0 unspecified atom stereocenters. The standard InChI is InChI=1S/C9H7BrClF2N/c1-5(11)4-14-9-7(12)2-6(10)3-8(9)13/h2-3,14H,1,4H2. The smallest absolute Gasteiger partial charge is 0.150 e. The van der Waals surface area contributed by atoms with Crippen LogP contribution in [0.3, 0.4) is 0 Å². The number of hydrogen-bond acceptors (Lipinski definition) is 1. The van der Waals surface area contributed by atoms with Crippen molar-refractivity contribution in [3.63, 3.8) is 0 Å². The fourth-order valence-electron chi connectivity index (χ4n) is 0.895. The van der Waals surface area contributed by atoms with Crippen molar-refractivity contribution in [2.75, 3.05) is 11.9 Å². The lowest BCUT2D eigenvalue weighted by molar-refractivity contribution is 0.587. The molecule has 0 saturated heterocycles. The van der Waals surface area contributed by atoms with Crippen LogP contribution >= 0.6 is 27.5 Å². The number of anilines is 1. The van der Waals surface area contributed by atoms with Crippen molar-refractivity contribution in [3.05, 3.63) is 39.9 Å². The SMILES string of the molecule is C=C(Cl)CNc1c(F)cc(Br)cc1F. The lowest BCUT2D eigenvalue weighted by atomic mass is 10.3. The molecule has 0 aromatic heterocycles. The van der Waals surface area contributed by atoms with Gasteiger partial charge in [-0.25, -0.2) is 8.78 Å². The molecule has 0 saturated carbocycles. The molecule has 0 amide bonds. The molecule has 0 aliphatic carbocycles. The van der Waals surface area contributed by atoms with Crippen LogP contribution < -0.4 is 5.32 Å². The number of rotatable bonds is 3. The Labute approximate surface area is 93.9 Å². The highest BCUT2D eigenvalue weighted by Crippen LogP contribution is 2.23. The van der Waals surface area contributed by atoms with Gasteiger partial charge in [-0.2, -0.15) is 0 Å². The summed E-state index contributed by atoms with van der Waals surface area (Å²) in [7, 11) is 0. The van der Waals surface area contributed by atoms with E-state index in [9.17, 15) is 8.78 Å². The molecule has 1 N–H and O–H groups in total. The Balaban J connectivity index is 2.91.